The van der Waals surface area contributed by atoms with Gasteiger partial charge >= 0.3 is 12.1 Å². The van der Waals surface area contributed by atoms with Crippen molar-refractivity contribution in [1.82, 2.24) is 14.5 Å². The first-order valence-electron chi connectivity index (χ1n) is 11.1. The third-order valence-electron chi connectivity index (χ3n) is 5.88. The number of benzene rings is 2. The molecule has 174 valence electrons. The van der Waals surface area contributed by atoms with Crippen molar-refractivity contribution in [2.75, 3.05) is 6.54 Å². The topological polar surface area (TPSA) is 95.7 Å². The van der Waals surface area contributed by atoms with Crippen molar-refractivity contribution >= 4 is 12.1 Å². The van der Waals surface area contributed by atoms with E-state index in [4.69, 9.17) is 0 Å². The number of rotatable bonds is 10. The van der Waals surface area contributed by atoms with Crippen LogP contribution in [0, 0.1) is 12.8 Å². The van der Waals surface area contributed by atoms with Gasteiger partial charge in [-0.1, -0.05) is 62.4 Å². The molecule has 0 aliphatic carbocycles. The van der Waals surface area contributed by atoms with E-state index in [9.17, 15) is 19.8 Å². The molecule has 0 bridgehead atoms. The average molecular weight is 450 g/mol. The smallest absolute Gasteiger partial charge is 0.408 e. The van der Waals surface area contributed by atoms with Gasteiger partial charge in [-0.3, -0.25) is 4.90 Å². The van der Waals surface area contributed by atoms with Crippen LogP contribution in [0.1, 0.15) is 37.1 Å². The maximum Gasteiger partial charge on any atom is 0.408 e. The van der Waals surface area contributed by atoms with Crippen LogP contribution in [0.2, 0.25) is 0 Å². The number of carboxylic acids is 1. The van der Waals surface area contributed by atoms with Crippen molar-refractivity contribution < 1.29 is 19.8 Å². The van der Waals surface area contributed by atoms with E-state index in [1.54, 1.807) is 12.5 Å². The molecule has 7 nitrogen and oxygen atoms in total. The van der Waals surface area contributed by atoms with Crippen LogP contribution in [-0.4, -0.2) is 49.3 Å². The highest BCUT2D eigenvalue weighted by atomic mass is 16.4. The molecule has 1 unspecified atom stereocenters. The molecule has 1 aromatic heterocycles. The van der Waals surface area contributed by atoms with E-state index in [1.165, 1.54) is 11.1 Å². The second-order valence-corrected chi connectivity index (χ2v) is 8.68. The largest absolute Gasteiger partial charge is 0.480 e. The Bertz CT molecular complexity index is 1090. The highest BCUT2D eigenvalue weighted by Gasteiger charge is 2.30. The molecule has 33 heavy (non-hydrogen) atoms. The van der Waals surface area contributed by atoms with E-state index in [0.717, 1.165) is 21.7 Å². The molecule has 3 rings (SSSR count). The third kappa shape index (κ3) is 6.00. The van der Waals surface area contributed by atoms with Crippen LogP contribution in [0.15, 0.2) is 61.1 Å². The summed E-state index contributed by atoms with van der Waals surface area (Å²) >= 11 is 0. The van der Waals surface area contributed by atoms with E-state index in [2.05, 4.69) is 36.2 Å². The Kier molecular flexibility index (Phi) is 7.87. The average Bonchev–Trinajstić information content (AvgIpc) is 3.21. The summed E-state index contributed by atoms with van der Waals surface area (Å²) in [5.41, 5.74) is 5.52. The summed E-state index contributed by atoms with van der Waals surface area (Å²) in [5.74, 6) is -1.05. The first kappa shape index (κ1) is 24.0. The Balaban J connectivity index is 1.78. The van der Waals surface area contributed by atoms with Crippen molar-refractivity contribution in [2.45, 2.75) is 46.2 Å². The van der Waals surface area contributed by atoms with E-state index in [0.29, 0.717) is 13.0 Å². The highest BCUT2D eigenvalue weighted by Crippen LogP contribution is 2.26. The second kappa shape index (κ2) is 10.8. The SMILES string of the molecule is Cc1c(Cn2cncc2CCN(C(=O)O)C(CC(C)C)C(=O)O)cccc1-c1ccccc1. The molecular weight excluding hydrogens is 418 g/mol. The lowest BCUT2D eigenvalue weighted by atomic mass is 9.96. The summed E-state index contributed by atoms with van der Waals surface area (Å²) in [6, 6.07) is 15.4. The lowest BCUT2D eigenvalue weighted by molar-refractivity contribution is -0.143. The number of carboxylic acid groups (broad SMARTS) is 2. The lowest BCUT2D eigenvalue weighted by Crippen LogP contribution is -2.46. The van der Waals surface area contributed by atoms with Gasteiger partial charge in [-0.2, -0.15) is 0 Å². The van der Waals surface area contributed by atoms with Crippen molar-refractivity contribution in [3.63, 3.8) is 0 Å². The summed E-state index contributed by atoms with van der Waals surface area (Å²) < 4.78 is 2.00. The molecule has 0 saturated carbocycles. The highest BCUT2D eigenvalue weighted by molar-refractivity contribution is 5.79. The number of hydrogen-bond acceptors (Lipinski definition) is 3. The van der Waals surface area contributed by atoms with Crippen LogP contribution in [0.5, 0.6) is 0 Å². The van der Waals surface area contributed by atoms with Gasteiger partial charge in [-0.15, -0.1) is 0 Å². The van der Waals surface area contributed by atoms with Crippen LogP contribution in [0.4, 0.5) is 4.79 Å². The van der Waals surface area contributed by atoms with E-state index >= 15 is 0 Å². The fourth-order valence-electron chi connectivity index (χ4n) is 4.10. The number of hydrogen-bond donors (Lipinski definition) is 2. The molecule has 1 atom stereocenters. The van der Waals surface area contributed by atoms with Crippen LogP contribution in [-0.2, 0) is 17.8 Å². The van der Waals surface area contributed by atoms with E-state index in [1.807, 2.05) is 42.7 Å². The zero-order valence-electron chi connectivity index (χ0n) is 19.3. The van der Waals surface area contributed by atoms with E-state index < -0.39 is 18.1 Å². The molecule has 7 heteroatoms. The Morgan fingerprint density at radius 2 is 1.79 bits per heavy atom. The van der Waals surface area contributed by atoms with Gasteiger partial charge in [-0.25, -0.2) is 14.6 Å². The number of imidazole rings is 1. The molecule has 1 heterocycles. The van der Waals surface area contributed by atoms with Crippen LogP contribution in [0.25, 0.3) is 11.1 Å². The maximum absolute atomic E-state index is 11.8. The van der Waals surface area contributed by atoms with Gasteiger partial charge in [0.2, 0.25) is 0 Å². The maximum atomic E-state index is 11.8. The van der Waals surface area contributed by atoms with Gasteiger partial charge in [0.15, 0.2) is 0 Å². The first-order chi connectivity index (χ1) is 15.8. The third-order valence-corrected chi connectivity index (χ3v) is 5.88. The minimum absolute atomic E-state index is 0.0679. The zero-order chi connectivity index (χ0) is 24.0. The van der Waals surface area contributed by atoms with Gasteiger partial charge in [0, 0.05) is 31.4 Å². The predicted molar refractivity (Wildman–Crippen MR) is 127 cm³/mol. The number of amides is 1. The summed E-state index contributed by atoms with van der Waals surface area (Å²) in [6.45, 7) is 6.56. The molecule has 0 radical (unpaired) electrons. The number of carbonyl (C=O) groups is 2. The molecule has 3 aromatic rings. The fourth-order valence-corrected chi connectivity index (χ4v) is 4.10. The monoisotopic (exact) mass is 449 g/mol. The number of aromatic nitrogens is 2. The Hall–Kier alpha value is -3.61. The zero-order valence-corrected chi connectivity index (χ0v) is 19.3. The van der Waals surface area contributed by atoms with Gasteiger partial charge < -0.3 is 14.8 Å². The number of nitrogens with zero attached hydrogens (tertiary/aromatic N) is 3. The molecule has 2 aromatic carbocycles. The lowest BCUT2D eigenvalue weighted by Gasteiger charge is -2.27. The fraction of sp³-hybridized carbons (Fsp3) is 0.346. The van der Waals surface area contributed by atoms with Gasteiger partial charge in [0.25, 0.3) is 0 Å². The van der Waals surface area contributed by atoms with Gasteiger partial charge in [0.05, 0.1) is 6.33 Å². The summed E-state index contributed by atoms with van der Waals surface area (Å²) in [7, 11) is 0. The number of aliphatic carboxylic acids is 1. The molecule has 1 amide bonds. The molecular formula is C26H31N3O4. The van der Waals surface area contributed by atoms with Gasteiger partial charge in [0.1, 0.15) is 6.04 Å². The van der Waals surface area contributed by atoms with Crippen molar-refractivity contribution in [3.8, 4) is 11.1 Å². The molecule has 0 fully saturated rings. The molecule has 0 saturated heterocycles. The minimum Gasteiger partial charge on any atom is -0.480 e. The molecule has 0 aliphatic heterocycles. The van der Waals surface area contributed by atoms with Crippen LogP contribution < -0.4 is 0 Å². The van der Waals surface area contributed by atoms with Crippen molar-refractivity contribution in [3.05, 3.63) is 77.9 Å². The standard InChI is InChI=1S/C26H31N3O4/c1-18(2)14-24(25(30)31)29(26(32)33)13-12-22-15-27-17-28(22)16-21-10-7-11-23(19(21)3)20-8-5-4-6-9-20/h4-11,15,17-18,24H,12-14,16H2,1-3H3,(H,30,31)(H,32,33). The predicted octanol–water partition coefficient (Wildman–Crippen LogP) is 4.93. The van der Waals surface area contributed by atoms with Crippen LogP contribution in [0.3, 0.4) is 0 Å². The Labute approximate surface area is 194 Å². The summed E-state index contributed by atoms with van der Waals surface area (Å²) in [4.78, 5) is 28.8. The molecule has 0 aliphatic rings. The van der Waals surface area contributed by atoms with Crippen molar-refractivity contribution in [1.29, 1.82) is 0 Å². The van der Waals surface area contributed by atoms with Crippen molar-refractivity contribution in [2.24, 2.45) is 5.92 Å². The molecule has 0 spiro atoms. The first-order valence-corrected chi connectivity index (χ1v) is 11.1. The summed E-state index contributed by atoms with van der Waals surface area (Å²) in [6.07, 6.45) is 2.88. The summed E-state index contributed by atoms with van der Waals surface area (Å²) in [5, 5.41) is 19.2. The Morgan fingerprint density at radius 1 is 1.06 bits per heavy atom. The quantitative estimate of drug-likeness (QED) is 0.458. The van der Waals surface area contributed by atoms with Gasteiger partial charge in [-0.05, 0) is 41.5 Å². The normalized spacial score (nSPS) is 12.0. The second-order valence-electron chi connectivity index (χ2n) is 8.68. The minimum atomic E-state index is -1.22. The Morgan fingerprint density at radius 3 is 2.42 bits per heavy atom. The van der Waals surface area contributed by atoms with Crippen LogP contribution >= 0.6 is 0 Å². The van der Waals surface area contributed by atoms with E-state index in [-0.39, 0.29) is 18.9 Å². The molecule has 2 N–H and O–H groups in total.